The van der Waals surface area contributed by atoms with Crippen LogP contribution in [0.1, 0.15) is 5.56 Å². The van der Waals surface area contributed by atoms with Crippen molar-refractivity contribution in [3.63, 3.8) is 0 Å². The zero-order chi connectivity index (χ0) is 22.3. The van der Waals surface area contributed by atoms with Crippen molar-refractivity contribution in [1.82, 2.24) is 29.4 Å². The van der Waals surface area contributed by atoms with Gasteiger partial charge in [0.15, 0.2) is 0 Å². The Morgan fingerprint density at radius 3 is 2.53 bits per heavy atom. The van der Waals surface area contributed by atoms with Gasteiger partial charge in [0.1, 0.15) is 23.0 Å². The number of fused-ring (bicyclic) bond motifs is 1. The molecular weight excluding hydrogens is 426 g/mol. The number of pyridine rings is 1. The fourth-order valence-electron chi connectivity index (χ4n) is 3.83. The Kier molecular flexibility index (Phi) is 4.86. The van der Waals surface area contributed by atoms with Crippen molar-refractivity contribution in [2.24, 2.45) is 11.4 Å². The van der Waals surface area contributed by atoms with Gasteiger partial charge in [0.25, 0.3) is 0 Å². The summed E-state index contributed by atoms with van der Waals surface area (Å²) in [5.74, 6) is 1.91. The Morgan fingerprint density at radius 2 is 1.91 bits per heavy atom. The average molecular weight is 448 g/mol. The molecular formula is C21H21N9OS. The van der Waals surface area contributed by atoms with Crippen LogP contribution < -0.4 is 4.90 Å². The Bertz CT molecular complexity index is 1460. The van der Waals surface area contributed by atoms with E-state index in [1.54, 1.807) is 41.0 Å². The number of aromatic nitrogens is 6. The van der Waals surface area contributed by atoms with Crippen LogP contribution >= 0.6 is 0 Å². The largest absolute Gasteiger partial charge is 0.355 e. The summed E-state index contributed by atoms with van der Waals surface area (Å²) in [6.07, 6.45) is 8.72. The standard InChI is InChI=1S/C21H21N9OS/c1-23-32(31)7-5-29(6-8-32)19-4-3-15(10-24-19)20-21-16(9-22)11-26-30(21)14-18(27-20)17-12-25-28(2)13-17/h3-4,10-14H,5-8H2,1-2H3. The number of aryl methyl sites for hydroxylation is 1. The molecule has 0 radical (unpaired) electrons. The molecule has 5 heterocycles. The Balaban J connectivity index is 1.55. The van der Waals surface area contributed by atoms with Crippen LogP contribution in [0.25, 0.3) is 28.0 Å². The maximum Gasteiger partial charge on any atom is 0.128 e. The molecule has 1 aliphatic rings. The SMILES string of the molecule is CN=S1(=O)CCN(c2ccc(-c3nc(-c4cnn(C)c4)cn4ncc(C#N)c34)cn2)CC1. The zero-order valence-corrected chi connectivity index (χ0v) is 18.5. The average Bonchev–Trinajstić information content (AvgIpc) is 3.45. The molecule has 0 unspecified atom stereocenters. The molecule has 0 saturated carbocycles. The molecule has 4 aromatic heterocycles. The van der Waals surface area contributed by atoms with Crippen molar-refractivity contribution < 1.29 is 4.21 Å². The van der Waals surface area contributed by atoms with Gasteiger partial charge >= 0.3 is 0 Å². The second kappa shape index (κ2) is 7.72. The zero-order valence-electron chi connectivity index (χ0n) is 17.7. The molecule has 1 aliphatic heterocycles. The molecule has 0 bridgehead atoms. The molecule has 10 nitrogen and oxygen atoms in total. The highest BCUT2D eigenvalue weighted by molar-refractivity contribution is 7.93. The van der Waals surface area contributed by atoms with E-state index in [0.29, 0.717) is 47.1 Å². The summed E-state index contributed by atoms with van der Waals surface area (Å²) >= 11 is 0. The molecule has 0 spiro atoms. The van der Waals surface area contributed by atoms with Gasteiger partial charge in [-0.3, -0.25) is 4.68 Å². The monoisotopic (exact) mass is 447 g/mol. The lowest BCUT2D eigenvalue weighted by Gasteiger charge is -2.29. The lowest BCUT2D eigenvalue weighted by molar-refractivity contribution is 0.664. The van der Waals surface area contributed by atoms with Gasteiger partial charge in [-0.15, -0.1) is 0 Å². The van der Waals surface area contributed by atoms with E-state index in [4.69, 9.17) is 4.98 Å². The molecule has 1 saturated heterocycles. The number of nitrogens with zero attached hydrogens (tertiary/aromatic N) is 9. The van der Waals surface area contributed by atoms with Gasteiger partial charge < -0.3 is 4.90 Å². The predicted octanol–water partition coefficient (Wildman–Crippen LogP) is 1.98. The Hall–Kier alpha value is -3.78. The molecule has 0 aliphatic carbocycles. The third-order valence-electron chi connectivity index (χ3n) is 5.66. The normalized spacial score (nSPS) is 15.6. The minimum atomic E-state index is -2.08. The smallest absolute Gasteiger partial charge is 0.128 e. The lowest BCUT2D eigenvalue weighted by Crippen LogP contribution is -2.40. The van der Waals surface area contributed by atoms with Crippen LogP contribution in [0.15, 0.2) is 47.5 Å². The molecule has 11 heteroatoms. The summed E-state index contributed by atoms with van der Waals surface area (Å²) in [5, 5.41) is 18.1. The third-order valence-corrected chi connectivity index (χ3v) is 7.96. The van der Waals surface area contributed by atoms with Crippen LogP contribution in [-0.2, 0) is 16.8 Å². The van der Waals surface area contributed by atoms with E-state index in [0.717, 1.165) is 16.9 Å². The quantitative estimate of drug-likeness (QED) is 0.471. The van der Waals surface area contributed by atoms with Gasteiger partial charge in [0.05, 0.1) is 30.0 Å². The van der Waals surface area contributed by atoms with Gasteiger partial charge in [0, 0.05) is 71.9 Å². The number of hydrogen-bond acceptors (Lipinski definition) is 8. The van der Waals surface area contributed by atoms with Crippen LogP contribution in [-0.4, -0.2) is 65.2 Å². The van der Waals surface area contributed by atoms with Gasteiger partial charge in [-0.25, -0.2) is 23.1 Å². The predicted molar refractivity (Wildman–Crippen MR) is 122 cm³/mol. The van der Waals surface area contributed by atoms with Crippen molar-refractivity contribution in [2.75, 3.05) is 36.5 Å². The van der Waals surface area contributed by atoms with E-state index in [1.807, 2.05) is 25.4 Å². The summed E-state index contributed by atoms with van der Waals surface area (Å²) in [6.45, 7) is 1.31. The summed E-state index contributed by atoms with van der Waals surface area (Å²) in [7, 11) is 1.40. The van der Waals surface area contributed by atoms with Crippen LogP contribution in [0.3, 0.4) is 0 Å². The van der Waals surface area contributed by atoms with E-state index < -0.39 is 9.73 Å². The number of nitriles is 1. The van der Waals surface area contributed by atoms with Crippen molar-refractivity contribution in [2.45, 2.75) is 0 Å². The van der Waals surface area contributed by atoms with Gasteiger partial charge in [-0.2, -0.15) is 15.5 Å². The van der Waals surface area contributed by atoms with Gasteiger partial charge in [0.2, 0.25) is 0 Å². The number of rotatable bonds is 3. The maximum absolute atomic E-state index is 12.4. The first-order valence-corrected chi connectivity index (χ1v) is 11.9. The highest BCUT2D eigenvalue weighted by Gasteiger charge is 2.21. The fourth-order valence-corrected chi connectivity index (χ4v) is 5.41. The van der Waals surface area contributed by atoms with Crippen molar-refractivity contribution in [1.29, 1.82) is 5.26 Å². The van der Waals surface area contributed by atoms with E-state index in [2.05, 4.69) is 30.5 Å². The summed E-state index contributed by atoms with van der Waals surface area (Å²) in [4.78, 5) is 11.6. The minimum Gasteiger partial charge on any atom is -0.355 e. The summed E-state index contributed by atoms with van der Waals surface area (Å²) in [6, 6.07) is 6.07. The van der Waals surface area contributed by atoms with Crippen molar-refractivity contribution in [3.8, 4) is 28.6 Å². The highest BCUT2D eigenvalue weighted by Crippen LogP contribution is 2.29. The van der Waals surface area contributed by atoms with Crippen molar-refractivity contribution in [3.05, 3.63) is 48.7 Å². The first kappa shape index (κ1) is 20.1. The van der Waals surface area contributed by atoms with Crippen molar-refractivity contribution >= 4 is 21.1 Å². The maximum atomic E-state index is 12.4. The molecule has 0 N–H and O–H groups in total. The highest BCUT2D eigenvalue weighted by atomic mass is 32.2. The second-order valence-electron chi connectivity index (χ2n) is 7.60. The van der Waals surface area contributed by atoms with Gasteiger partial charge in [-0.05, 0) is 12.1 Å². The summed E-state index contributed by atoms with van der Waals surface area (Å²) < 4.78 is 19.9. The van der Waals surface area contributed by atoms with E-state index >= 15 is 0 Å². The molecule has 0 amide bonds. The van der Waals surface area contributed by atoms with Crippen LogP contribution in [0.5, 0.6) is 0 Å². The molecule has 4 aromatic rings. The molecule has 162 valence electrons. The second-order valence-corrected chi connectivity index (χ2v) is 10.3. The first-order chi connectivity index (χ1) is 15.5. The number of anilines is 1. The van der Waals surface area contributed by atoms with Crippen LogP contribution in [0.2, 0.25) is 0 Å². The van der Waals surface area contributed by atoms with E-state index in [9.17, 15) is 9.47 Å². The minimum absolute atomic E-state index is 0.448. The number of hydrogen-bond donors (Lipinski definition) is 0. The van der Waals surface area contributed by atoms with Crippen LogP contribution in [0.4, 0.5) is 5.82 Å². The third kappa shape index (κ3) is 3.48. The topological polar surface area (TPSA) is 117 Å². The first-order valence-electron chi connectivity index (χ1n) is 10.1. The lowest BCUT2D eigenvalue weighted by atomic mass is 10.1. The van der Waals surface area contributed by atoms with Gasteiger partial charge in [-0.1, -0.05) is 0 Å². The molecule has 0 atom stereocenters. The van der Waals surface area contributed by atoms with E-state index in [-0.39, 0.29) is 0 Å². The molecule has 5 rings (SSSR count). The Labute approximate surface area is 185 Å². The summed E-state index contributed by atoms with van der Waals surface area (Å²) in [5.41, 5.74) is 4.05. The van der Waals surface area contributed by atoms with E-state index in [1.165, 1.54) is 0 Å². The molecule has 32 heavy (non-hydrogen) atoms. The Morgan fingerprint density at radius 1 is 1.09 bits per heavy atom. The molecule has 0 aromatic carbocycles. The fraction of sp³-hybridized carbons (Fsp3) is 0.286. The molecule has 1 fully saturated rings. The van der Waals surface area contributed by atoms with Crippen LogP contribution in [0, 0.1) is 11.3 Å².